The maximum atomic E-state index is 12.0. The van der Waals surface area contributed by atoms with Crippen molar-refractivity contribution in [2.45, 2.75) is 51.5 Å². The molecule has 118 valence electrons. The van der Waals surface area contributed by atoms with E-state index in [1.165, 1.54) is 31.9 Å². The van der Waals surface area contributed by atoms with Crippen LogP contribution in [0.4, 0.5) is 0 Å². The quantitative estimate of drug-likeness (QED) is 0.812. The summed E-state index contributed by atoms with van der Waals surface area (Å²) in [5.41, 5.74) is 1.13. The number of aryl methyl sites for hydroxylation is 1. The van der Waals surface area contributed by atoms with Crippen molar-refractivity contribution in [3.8, 4) is 11.5 Å². The fourth-order valence-electron chi connectivity index (χ4n) is 2.68. The summed E-state index contributed by atoms with van der Waals surface area (Å²) in [4.78, 5) is 16.2. The van der Waals surface area contributed by atoms with Gasteiger partial charge in [-0.25, -0.2) is 4.98 Å². The van der Waals surface area contributed by atoms with E-state index < -0.39 is 0 Å². The predicted molar refractivity (Wildman–Crippen MR) is 82.4 cm³/mol. The first kappa shape index (κ1) is 14.8. The summed E-state index contributed by atoms with van der Waals surface area (Å²) in [6.45, 7) is 1.60. The maximum absolute atomic E-state index is 12.0. The molecule has 1 aliphatic heterocycles. The summed E-state index contributed by atoms with van der Waals surface area (Å²) in [6.07, 6.45) is 13.4. The number of fused-ring (bicyclic) bond motifs is 5. The monoisotopic (exact) mass is 302 g/mol. The Morgan fingerprint density at radius 1 is 1.09 bits per heavy atom. The number of carbonyl (C=O) groups is 1. The molecule has 0 radical (unpaired) electrons. The molecule has 2 aromatic heterocycles. The van der Waals surface area contributed by atoms with E-state index in [2.05, 4.69) is 15.4 Å². The first-order valence-corrected chi connectivity index (χ1v) is 8.09. The lowest BCUT2D eigenvalue weighted by Crippen LogP contribution is -2.24. The van der Waals surface area contributed by atoms with Crippen LogP contribution in [0.5, 0.6) is 0 Å². The molecular weight excluding hydrogens is 280 g/mol. The largest absolute Gasteiger partial charge is 0.444 e. The van der Waals surface area contributed by atoms with Crippen LogP contribution in [0, 0.1) is 0 Å². The van der Waals surface area contributed by atoms with Gasteiger partial charge in [-0.2, -0.15) is 5.10 Å². The zero-order valence-corrected chi connectivity index (χ0v) is 12.8. The van der Waals surface area contributed by atoms with Crippen molar-refractivity contribution in [2.24, 2.45) is 0 Å². The lowest BCUT2D eigenvalue weighted by atomic mass is 10.1. The number of amides is 1. The molecule has 0 aromatic carbocycles. The molecule has 0 aliphatic carbocycles. The molecule has 0 saturated heterocycles. The van der Waals surface area contributed by atoms with Crippen molar-refractivity contribution < 1.29 is 9.21 Å². The number of rotatable bonds is 0. The molecule has 0 atom stereocenters. The summed E-state index contributed by atoms with van der Waals surface area (Å²) in [5, 5.41) is 7.22. The molecule has 1 amide bonds. The third kappa shape index (κ3) is 3.75. The van der Waals surface area contributed by atoms with E-state index >= 15 is 0 Å². The normalized spacial score (nSPS) is 17.7. The van der Waals surface area contributed by atoms with E-state index in [4.69, 9.17) is 4.42 Å². The molecule has 4 bridgehead atoms. The maximum Gasteiger partial charge on any atom is 0.273 e. The van der Waals surface area contributed by atoms with Crippen LogP contribution in [0.1, 0.15) is 55.4 Å². The Morgan fingerprint density at radius 2 is 1.86 bits per heavy atom. The highest BCUT2D eigenvalue weighted by atomic mass is 16.3. The van der Waals surface area contributed by atoms with Crippen molar-refractivity contribution >= 4 is 5.91 Å². The van der Waals surface area contributed by atoms with Crippen LogP contribution in [-0.4, -0.2) is 27.2 Å². The summed E-state index contributed by atoms with van der Waals surface area (Å²) in [6, 6.07) is 0. The van der Waals surface area contributed by atoms with Crippen molar-refractivity contribution in [3.05, 3.63) is 24.4 Å². The van der Waals surface area contributed by atoms with E-state index in [0.717, 1.165) is 31.4 Å². The van der Waals surface area contributed by atoms with Gasteiger partial charge < -0.3 is 9.73 Å². The summed E-state index contributed by atoms with van der Waals surface area (Å²) in [7, 11) is 0. The topological polar surface area (TPSA) is 73.0 Å². The van der Waals surface area contributed by atoms with Gasteiger partial charge in [0.2, 0.25) is 5.89 Å². The molecular formula is C16H22N4O2. The summed E-state index contributed by atoms with van der Waals surface area (Å²) < 4.78 is 7.32. The van der Waals surface area contributed by atoms with Crippen LogP contribution < -0.4 is 5.32 Å². The third-order valence-electron chi connectivity index (χ3n) is 3.97. The van der Waals surface area contributed by atoms with Crippen molar-refractivity contribution in [2.75, 3.05) is 6.54 Å². The molecule has 3 heterocycles. The van der Waals surface area contributed by atoms with Gasteiger partial charge in [0.05, 0.1) is 11.8 Å². The van der Waals surface area contributed by atoms with Crippen LogP contribution in [0.2, 0.25) is 0 Å². The van der Waals surface area contributed by atoms with E-state index in [-0.39, 0.29) is 5.91 Å². The molecule has 1 N–H and O–H groups in total. The smallest absolute Gasteiger partial charge is 0.273 e. The summed E-state index contributed by atoms with van der Waals surface area (Å²) in [5.74, 6) is 0.271. The molecule has 0 saturated carbocycles. The molecule has 6 heteroatoms. The minimum Gasteiger partial charge on any atom is -0.444 e. The number of nitrogens with one attached hydrogen (secondary N) is 1. The van der Waals surface area contributed by atoms with Gasteiger partial charge >= 0.3 is 0 Å². The van der Waals surface area contributed by atoms with Gasteiger partial charge in [0.1, 0.15) is 6.26 Å². The standard InChI is InChI=1S/C16H22N4O2/c21-15-14-12-22-16(19-14)13-10-18-20(11-13)9-7-5-3-1-2-4-6-8-17-15/h10-12H,1-9H2,(H,17,21). The van der Waals surface area contributed by atoms with Gasteiger partial charge in [0, 0.05) is 19.3 Å². The van der Waals surface area contributed by atoms with E-state index in [1.807, 2.05) is 10.9 Å². The van der Waals surface area contributed by atoms with Gasteiger partial charge in [0.25, 0.3) is 5.91 Å². The average molecular weight is 302 g/mol. The third-order valence-corrected chi connectivity index (χ3v) is 3.97. The Bertz CT molecular complexity index is 617. The second-order valence-electron chi connectivity index (χ2n) is 5.76. The molecule has 1 aliphatic rings. The van der Waals surface area contributed by atoms with Crippen molar-refractivity contribution in [3.63, 3.8) is 0 Å². The minimum absolute atomic E-state index is 0.174. The number of aromatic nitrogens is 3. The highest BCUT2D eigenvalue weighted by Gasteiger charge is 2.14. The molecule has 0 spiro atoms. The van der Waals surface area contributed by atoms with E-state index in [9.17, 15) is 4.79 Å². The Labute approximate surface area is 129 Å². The van der Waals surface area contributed by atoms with Gasteiger partial charge in [-0.1, -0.05) is 32.1 Å². The number of hydrogen-bond acceptors (Lipinski definition) is 4. The number of oxazole rings is 1. The van der Waals surface area contributed by atoms with E-state index in [1.54, 1.807) is 6.20 Å². The van der Waals surface area contributed by atoms with Crippen molar-refractivity contribution in [1.82, 2.24) is 20.1 Å². The Hall–Kier alpha value is -2.11. The number of carbonyl (C=O) groups excluding carboxylic acids is 1. The van der Waals surface area contributed by atoms with Gasteiger partial charge in [-0.05, 0) is 12.8 Å². The highest BCUT2D eigenvalue weighted by molar-refractivity contribution is 5.92. The molecule has 2 aromatic rings. The molecule has 0 fully saturated rings. The van der Waals surface area contributed by atoms with Gasteiger partial charge in [-0.3, -0.25) is 9.48 Å². The lowest BCUT2D eigenvalue weighted by molar-refractivity contribution is 0.0948. The van der Waals surface area contributed by atoms with Crippen molar-refractivity contribution in [1.29, 1.82) is 0 Å². The zero-order chi connectivity index (χ0) is 15.2. The zero-order valence-electron chi connectivity index (χ0n) is 12.8. The molecule has 3 rings (SSSR count). The fourth-order valence-corrected chi connectivity index (χ4v) is 2.68. The Kier molecular flexibility index (Phi) is 4.88. The molecule has 6 nitrogen and oxygen atoms in total. The lowest BCUT2D eigenvalue weighted by Gasteiger charge is -2.04. The van der Waals surface area contributed by atoms with Crippen LogP contribution in [-0.2, 0) is 6.54 Å². The second kappa shape index (κ2) is 7.24. The minimum atomic E-state index is -0.174. The predicted octanol–water partition coefficient (Wildman–Crippen LogP) is 3.01. The Morgan fingerprint density at radius 3 is 2.73 bits per heavy atom. The number of nitrogens with zero attached hydrogens (tertiary/aromatic N) is 3. The number of hydrogen-bond donors (Lipinski definition) is 1. The Balaban J connectivity index is 1.73. The van der Waals surface area contributed by atoms with Gasteiger partial charge in [0.15, 0.2) is 5.69 Å². The van der Waals surface area contributed by atoms with Gasteiger partial charge in [-0.15, -0.1) is 0 Å². The first-order chi connectivity index (χ1) is 10.8. The highest BCUT2D eigenvalue weighted by Crippen LogP contribution is 2.18. The first-order valence-electron chi connectivity index (χ1n) is 8.09. The SMILES string of the molecule is O=C1NCCCCCCCCCn2cc(cn2)-c2nc1co2. The van der Waals surface area contributed by atoms with Crippen LogP contribution in [0.25, 0.3) is 11.5 Å². The fraction of sp³-hybridized carbons (Fsp3) is 0.562. The van der Waals surface area contributed by atoms with Crippen LogP contribution >= 0.6 is 0 Å². The van der Waals surface area contributed by atoms with Crippen LogP contribution in [0.3, 0.4) is 0 Å². The molecule has 22 heavy (non-hydrogen) atoms. The summed E-state index contributed by atoms with van der Waals surface area (Å²) >= 11 is 0. The average Bonchev–Trinajstić information content (AvgIpc) is 3.16. The molecule has 0 unspecified atom stereocenters. The van der Waals surface area contributed by atoms with E-state index in [0.29, 0.717) is 18.1 Å². The van der Waals surface area contributed by atoms with Crippen LogP contribution in [0.15, 0.2) is 23.1 Å². The second-order valence-corrected chi connectivity index (χ2v) is 5.76.